The predicted octanol–water partition coefficient (Wildman–Crippen LogP) is 1.20. The number of rotatable bonds is 4. The van der Waals surface area contributed by atoms with Crippen LogP contribution in [0.5, 0.6) is 0 Å². The number of aromatic nitrogens is 2. The number of hydrogen-bond donors (Lipinski definition) is 2. The lowest BCUT2D eigenvalue weighted by Crippen LogP contribution is -2.29. The van der Waals surface area contributed by atoms with Crippen LogP contribution in [0.25, 0.3) is 0 Å². The number of anilines is 2. The average Bonchev–Trinajstić information content (AvgIpc) is 2.75. The lowest BCUT2D eigenvalue weighted by Gasteiger charge is -2.11. The highest BCUT2D eigenvalue weighted by Gasteiger charge is 2.10. The number of carbonyl (C=O) groups is 1. The number of nitrogens with zero attached hydrogens (tertiary/aromatic N) is 2. The minimum absolute atomic E-state index is 0.0282. The molecule has 0 fully saturated rings. The fraction of sp³-hybridized carbons (Fsp3) is 0.286. The minimum Gasteiger partial charge on any atom is -0.397 e. The number of nitrogens with one attached hydrogen (secondary N) is 1. The largest absolute Gasteiger partial charge is 0.397 e. The van der Waals surface area contributed by atoms with Gasteiger partial charge in [-0.1, -0.05) is 12.1 Å². The van der Waals surface area contributed by atoms with Crippen molar-refractivity contribution in [1.29, 1.82) is 0 Å². The number of nitrogens with two attached hydrogens (primary N) is 1. The van der Waals surface area contributed by atoms with E-state index in [1.54, 1.807) is 18.5 Å². The lowest BCUT2D eigenvalue weighted by molar-refractivity contribution is -0.116. The molecule has 0 spiro atoms. The maximum atomic E-state index is 12.0. The van der Waals surface area contributed by atoms with Gasteiger partial charge in [0, 0.05) is 18.9 Å². The SMILES string of the molecule is CCn1ccn(CC(=O)Nc2c(C)cccc2N)c1=O. The first kappa shape index (κ1) is 13.9. The number of imidazole rings is 1. The van der Waals surface area contributed by atoms with Crippen molar-refractivity contribution in [2.75, 3.05) is 11.1 Å². The van der Waals surface area contributed by atoms with Gasteiger partial charge in [-0.2, -0.15) is 0 Å². The molecule has 1 aromatic heterocycles. The fourth-order valence-electron chi connectivity index (χ4n) is 2.01. The second kappa shape index (κ2) is 5.64. The van der Waals surface area contributed by atoms with Crippen molar-refractivity contribution < 1.29 is 4.79 Å². The zero-order chi connectivity index (χ0) is 14.7. The third kappa shape index (κ3) is 2.74. The Bertz CT molecular complexity index is 664. The van der Waals surface area contributed by atoms with Gasteiger partial charge < -0.3 is 11.1 Å². The maximum absolute atomic E-state index is 12.0. The van der Waals surface area contributed by atoms with Crippen LogP contribution in [0.2, 0.25) is 0 Å². The fourth-order valence-corrected chi connectivity index (χ4v) is 2.01. The van der Waals surface area contributed by atoms with Gasteiger partial charge in [0.25, 0.3) is 0 Å². The Hall–Kier alpha value is -2.50. The van der Waals surface area contributed by atoms with Crippen molar-refractivity contribution in [2.45, 2.75) is 26.9 Å². The third-order valence-corrected chi connectivity index (χ3v) is 3.14. The van der Waals surface area contributed by atoms with Crippen molar-refractivity contribution in [1.82, 2.24) is 9.13 Å². The molecule has 1 heterocycles. The van der Waals surface area contributed by atoms with Crippen LogP contribution in [-0.4, -0.2) is 15.0 Å². The molecular weight excluding hydrogens is 256 g/mol. The van der Waals surface area contributed by atoms with E-state index in [0.29, 0.717) is 17.9 Å². The molecule has 106 valence electrons. The number of hydrogen-bond acceptors (Lipinski definition) is 3. The molecule has 1 aromatic carbocycles. The van der Waals surface area contributed by atoms with E-state index in [-0.39, 0.29) is 18.1 Å². The molecule has 6 nitrogen and oxygen atoms in total. The normalized spacial score (nSPS) is 10.5. The van der Waals surface area contributed by atoms with Crippen LogP contribution in [0.15, 0.2) is 35.4 Å². The Labute approximate surface area is 116 Å². The highest BCUT2D eigenvalue weighted by molar-refractivity contribution is 5.94. The van der Waals surface area contributed by atoms with Crippen LogP contribution in [0.3, 0.4) is 0 Å². The molecule has 0 saturated heterocycles. The summed E-state index contributed by atoms with van der Waals surface area (Å²) in [4.78, 5) is 23.8. The number of benzene rings is 1. The molecule has 0 aliphatic heterocycles. The Morgan fingerprint density at radius 2 is 2.00 bits per heavy atom. The minimum atomic E-state index is -0.276. The van der Waals surface area contributed by atoms with Gasteiger partial charge in [0.2, 0.25) is 5.91 Å². The molecule has 1 amide bonds. The van der Waals surface area contributed by atoms with Crippen LogP contribution in [0, 0.1) is 6.92 Å². The van der Waals surface area contributed by atoms with Crippen LogP contribution in [0.4, 0.5) is 11.4 Å². The highest BCUT2D eigenvalue weighted by Crippen LogP contribution is 2.22. The van der Waals surface area contributed by atoms with E-state index in [0.717, 1.165) is 5.56 Å². The second-order valence-corrected chi connectivity index (χ2v) is 4.58. The number of nitrogen functional groups attached to an aromatic ring is 1. The topological polar surface area (TPSA) is 82.1 Å². The molecule has 6 heteroatoms. The van der Waals surface area contributed by atoms with E-state index in [2.05, 4.69) is 5.32 Å². The first-order valence-corrected chi connectivity index (χ1v) is 6.43. The number of amides is 1. The Morgan fingerprint density at radius 3 is 2.60 bits per heavy atom. The number of aryl methyl sites for hydroxylation is 2. The first-order valence-electron chi connectivity index (χ1n) is 6.43. The molecule has 0 unspecified atom stereocenters. The van der Waals surface area contributed by atoms with E-state index in [1.165, 1.54) is 9.13 Å². The van der Waals surface area contributed by atoms with Crippen molar-refractivity contribution >= 4 is 17.3 Å². The van der Waals surface area contributed by atoms with Crippen molar-refractivity contribution in [3.63, 3.8) is 0 Å². The van der Waals surface area contributed by atoms with Gasteiger partial charge in [0.1, 0.15) is 6.54 Å². The Kier molecular flexibility index (Phi) is 3.93. The molecule has 0 aliphatic rings. The monoisotopic (exact) mass is 274 g/mol. The van der Waals surface area contributed by atoms with Crippen LogP contribution in [0.1, 0.15) is 12.5 Å². The first-order chi connectivity index (χ1) is 9.52. The molecule has 0 aliphatic carbocycles. The molecule has 20 heavy (non-hydrogen) atoms. The lowest BCUT2D eigenvalue weighted by atomic mass is 10.1. The van der Waals surface area contributed by atoms with Gasteiger partial charge >= 0.3 is 5.69 Å². The quantitative estimate of drug-likeness (QED) is 0.822. The summed E-state index contributed by atoms with van der Waals surface area (Å²) in [5.41, 5.74) is 7.63. The molecule has 0 bridgehead atoms. The summed E-state index contributed by atoms with van der Waals surface area (Å²) in [6.45, 7) is 4.29. The van der Waals surface area contributed by atoms with E-state index in [9.17, 15) is 9.59 Å². The summed E-state index contributed by atoms with van der Waals surface area (Å²) in [6.07, 6.45) is 3.27. The molecule has 3 N–H and O–H groups in total. The van der Waals surface area contributed by atoms with Gasteiger partial charge in [-0.25, -0.2) is 4.79 Å². The Morgan fingerprint density at radius 1 is 1.30 bits per heavy atom. The third-order valence-electron chi connectivity index (χ3n) is 3.14. The van der Waals surface area contributed by atoms with E-state index < -0.39 is 0 Å². The Balaban J connectivity index is 2.13. The number of para-hydroxylation sites is 1. The maximum Gasteiger partial charge on any atom is 0.328 e. The summed E-state index contributed by atoms with van der Waals surface area (Å²) < 4.78 is 2.91. The van der Waals surface area contributed by atoms with Crippen LogP contribution >= 0.6 is 0 Å². The van der Waals surface area contributed by atoms with Gasteiger partial charge in [-0.15, -0.1) is 0 Å². The molecule has 0 radical (unpaired) electrons. The summed E-state index contributed by atoms with van der Waals surface area (Å²) >= 11 is 0. The summed E-state index contributed by atoms with van der Waals surface area (Å²) in [6, 6.07) is 5.42. The average molecular weight is 274 g/mol. The number of carbonyl (C=O) groups excluding carboxylic acids is 1. The molecule has 2 rings (SSSR count). The smallest absolute Gasteiger partial charge is 0.328 e. The summed E-state index contributed by atoms with van der Waals surface area (Å²) in [5, 5.41) is 2.75. The zero-order valence-corrected chi connectivity index (χ0v) is 11.6. The van der Waals surface area contributed by atoms with Crippen LogP contribution in [-0.2, 0) is 17.9 Å². The highest BCUT2D eigenvalue weighted by atomic mass is 16.2. The van der Waals surface area contributed by atoms with E-state index in [4.69, 9.17) is 5.73 Å². The predicted molar refractivity (Wildman–Crippen MR) is 78.6 cm³/mol. The summed E-state index contributed by atoms with van der Waals surface area (Å²) in [5.74, 6) is -0.276. The van der Waals surface area contributed by atoms with Gasteiger partial charge in [0.15, 0.2) is 0 Å². The summed E-state index contributed by atoms with van der Waals surface area (Å²) in [7, 11) is 0. The van der Waals surface area contributed by atoms with Gasteiger partial charge in [0.05, 0.1) is 11.4 Å². The molecule has 0 atom stereocenters. The van der Waals surface area contributed by atoms with Gasteiger partial charge in [-0.05, 0) is 25.5 Å². The zero-order valence-electron chi connectivity index (χ0n) is 11.6. The van der Waals surface area contributed by atoms with Gasteiger partial charge in [-0.3, -0.25) is 13.9 Å². The van der Waals surface area contributed by atoms with Crippen LogP contribution < -0.4 is 16.7 Å². The second-order valence-electron chi connectivity index (χ2n) is 4.58. The van der Waals surface area contributed by atoms with Crippen molar-refractivity contribution in [3.05, 3.63) is 46.6 Å². The van der Waals surface area contributed by atoms with Crippen molar-refractivity contribution in [2.24, 2.45) is 0 Å². The van der Waals surface area contributed by atoms with E-state index >= 15 is 0 Å². The van der Waals surface area contributed by atoms with E-state index in [1.807, 2.05) is 26.0 Å². The molecule has 0 saturated carbocycles. The standard InChI is InChI=1S/C14H18N4O2/c1-3-17-7-8-18(14(17)20)9-12(19)16-13-10(2)5-4-6-11(13)15/h4-8H,3,9,15H2,1-2H3,(H,16,19). The van der Waals surface area contributed by atoms with Crippen molar-refractivity contribution in [3.8, 4) is 0 Å². The molecule has 2 aromatic rings. The molecular formula is C14H18N4O2.